The number of halogens is 1. The van der Waals surface area contributed by atoms with Crippen molar-refractivity contribution in [1.29, 1.82) is 0 Å². The van der Waals surface area contributed by atoms with Gasteiger partial charge < -0.3 is 14.3 Å². The van der Waals surface area contributed by atoms with Crippen molar-refractivity contribution in [2.24, 2.45) is 0 Å². The molecular formula is C17H19ClN4O2. The summed E-state index contributed by atoms with van der Waals surface area (Å²) in [5, 5.41) is 7.91. The molecule has 7 heteroatoms. The van der Waals surface area contributed by atoms with Gasteiger partial charge >= 0.3 is 0 Å². The highest BCUT2D eigenvalue weighted by Gasteiger charge is 2.17. The molecule has 0 aliphatic heterocycles. The molecule has 2 heterocycles. The summed E-state index contributed by atoms with van der Waals surface area (Å²) < 4.78 is 10.8. The molecule has 1 atom stereocenters. The van der Waals surface area contributed by atoms with Crippen LogP contribution in [0, 0.1) is 0 Å². The molecule has 24 heavy (non-hydrogen) atoms. The number of benzene rings is 1. The van der Waals surface area contributed by atoms with Gasteiger partial charge in [0.2, 0.25) is 11.7 Å². The van der Waals surface area contributed by atoms with E-state index in [0.29, 0.717) is 29.8 Å². The van der Waals surface area contributed by atoms with Crippen molar-refractivity contribution in [2.45, 2.75) is 12.6 Å². The summed E-state index contributed by atoms with van der Waals surface area (Å²) >= 11 is 6.15. The van der Waals surface area contributed by atoms with E-state index in [1.807, 2.05) is 44.4 Å². The van der Waals surface area contributed by atoms with Crippen LogP contribution < -0.4 is 5.32 Å². The molecule has 1 N–H and O–H groups in total. The minimum Gasteiger partial charge on any atom is -0.468 e. The molecule has 0 saturated carbocycles. The Morgan fingerprint density at radius 3 is 2.75 bits per heavy atom. The molecule has 0 radical (unpaired) electrons. The minimum atomic E-state index is 0.131. The number of hydrogen-bond acceptors (Lipinski definition) is 6. The summed E-state index contributed by atoms with van der Waals surface area (Å²) in [4.78, 5) is 6.48. The van der Waals surface area contributed by atoms with E-state index in [2.05, 4.69) is 20.4 Å². The first-order valence-corrected chi connectivity index (χ1v) is 8.01. The molecule has 3 aromatic rings. The quantitative estimate of drug-likeness (QED) is 0.707. The summed E-state index contributed by atoms with van der Waals surface area (Å²) in [5.74, 6) is 1.92. The Labute approximate surface area is 145 Å². The van der Waals surface area contributed by atoms with Gasteiger partial charge in [0.15, 0.2) is 0 Å². The zero-order chi connectivity index (χ0) is 16.9. The summed E-state index contributed by atoms with van der Waals surface area (Å²) in [5.41, 5.74) is 0.760. The zero-order valence-corrected chi connectivity index (χ0v) is 14.3. The van der Waals surface area contributed by atoms with E-state index in [1.165, 1.54) is 0 Å². The van der Waals surface area contributed by atoms with Gasteiger partial charge in [-0.05, 0) is 38.4 Å². The van der Waals surface area contributed by atoms with E-state index >= 15 is 0 Å². The van der Waals surface area contributed by atoms with Gasteiger partial charge in [0.1, 0.15) is 5.76 Å². The maximum atomic E-state index is 6.15. The predicted molar refractivity (Wildman–Crippen MR) is 91.6 cm³/mol. The number of furan rings is 1. The first kappa shape index (κ1) is 16.7. The molecule has 3 rings (SSSR count). The standard InChI is InChI=1S/C17H19ClN4O2/c1-22(2)14(15-8-5-9-23-15)10-19-11-16-20-17(21-24-16)12-6-3-4-7-13(12)18/h3-9,14,19H,10-11H2,1-2H3/t14-/m1/s1. The van der Waals surface area contributed by atoms with Crippen LogP contribution in [0.25, 0.3) is 11.4 Å². The van der Waals surface area contributed by atoms with Crippen molar-refractivity contribution < 1.29 is 8.94 Å². The predicted octanol–water partition coefficient (Wildman–Crippen LogP) is 3.38. The monoisotopic (exact) mass is 346 g/mol. The van der Waals surface area contributed by atoms with Gasteiger partial charge in [-0.1, -0.05) is 28.9 Å². The molecule has 0 amide bonds. The lowest BCUT2D eigenvalue weighted by Gasteiger charge is -2.22. The van der Waals surface area contributed by atoms with Crippen LogP contribution in [0.15, 0.2) is 51.6 Å². The highest BCUT2D eigenvalue weighted by Crippen LogP contribution is 2.24. The fourth-order valence-corrected chi connectivity index (χ4v) is 2.63. The van der Waals surface area contributed by atoms with Crippen LogP contribution in [0.5, 0.6) is 0 Å². The Balaban J connectivity index is 1.60. The van der Waals surface area contributed by atoms with Crippen molar-refractivity contribution in [3.63, 3.8) is 0 Å². The fourth-order valence-electron chi connectivity index (χ4n) is 2.41. The minimum absolute atomic E-state index is 0.131. The van der Waals surface area contributed by atoms with Crippen molar-refractivity contribution in [3.05, 3.63) is 59.3 Å². The van der Waals surface area contributed by atoms with Crippen molar-refractivity contribution in [3.8, 4) is 11.4 Å². The molecule has 0 spiro atoms. The average Bonchev–Trinajstić information content (AvgIpc) is 3.23. The molecule has 0 aliphatic carbocycles. The van der Waals surface area contributed by atoms with Crippen LogP contribution in [0.3, 0.4) is 0 Å². The van der Waals surface area contributed by atoms with Crippen LogP contribution in [-0.4, -0.2) is 35.7 Å². The van der Waals surface area contributed by atoms with Gasteiger partial charge in [0.05, 0.1) is 23.9 Å². The Bertz CT molecular complexity index is 771. The topological polar surface area (TPSA) is 67.3 Å². The van der Waals surface area contributed by atoms with E-state index in [9.17, 15) is 0 Å². The number of rotatable bonds is 7. The van der Waals surface area contributed by atoms with Crippen LogP contribution in [0.4, 0.5) is 0 Å². The van der Waals surface area contributed by atoms with Crippen molar-refractivity contribution >= 4 is 11.6 Å². The Kier molecular flexibility index (Phi) is 5.30. The molecule has 0 unspecified atom stereocenters. The van der Waals surface area contributed by atoms with E-state index in [-0.39, 0.29) is 6.04 Å². The van der Waals surface area contributed by atoms with E-state index in [4.69, 9.17) is 20.5 Å². The second-order valence-electron chi connectivity index (χ2n) is 5.62. The summed E-state index contributed by atoms with van der Waals surface area (Å²) in [6.07, 6.45) is 1.68. The number of nitrogens with zero attached hydrogens (tertiary/aromatic N) is 3. The number of hydrogen-bond donors (Lipinski definition) is 1. The maximum absolute atomic E-state index is 6.15. The summed E-state index contributed by atoms with van der Waals surface area (Å²) in [7, 11) is 4.02. The van der Waals surface area contributed by atoms with Crippen LogP contribution in [-0.2, 0) is 6.54 Å². The SMILES string of the molecule is CN(C)[C@H](CNCc1nc(-c2ccccc2Cl)no1)c1ccco1. The molecule has 2 aromatic heterocycles. The molecule has 126 valence electrons. The lowest BCUT2D eigenvalue weighted by atomic mass is 10.2. The average molecular weight is 347 g/mol. The highest BCUT2D eigenvalue weighted by atomic mass is 35.5. The second-order valence-corrected chi connectivity index (χ2v) is 6.02. The molecule has 0 bridgehead atoms. The van der Waals surface area contributed by atoms with Gasteiger partial charge in [0, 0.05) is 12.1 Å². The lowest BCUT2D eigenvalue weighted by Crippen LogP contribution is -2.30. The molecule has 0 fully saturated rings. The third-order valence-corrected chi connectivity index (χ3v) is 4.02. The maximum Gasteiger partial charge on any atom is 0.240 e. The summed E-state index contributed by atoms with van der Waals surface area (Å²) in [6, 6.07) is 11.4. The van der Waals surface area contributed by atoms with Gasteiger partial charge in [-0.25, -0.2) is 0 Å². The normalized spacial score (nSPS) is 12.7. The van der Waals surface area contributed by atoms with Gasteiger partial charge in [0.25, 0.3) is 0 Å². The van der Waals surface area contributed by atoms with E-state index < -0.39 is 0 Å². The van der Waals surface area contributed by atoms with E-state index in [1.54, 1.807) is 12.3 Å². The largest absolute Gasteiger partial charge is 0.468 e. The molecular weight excluding hydrogens is 328 g/mol. The molecule has 0 aliphatic rings. The Hall–Kier alpha value is -2.15. The number of aromatic nitrogens is 2. The van der Waals surface area contributed by atoms with Gasteiger partial charge in [-0.2, -0.15) is 4.98 Å². The van der Waals surface area contributed by atoms with Crippen molar-refractivity contribution in [1.82, 2.24) is 20.4 Å². The third-order valence-electron chi connectivity index (χ3n) is 3.69. The molecule has 1 aromatic carbocycles. The summed E-state index contributed by atoms with van der Waals surface area (Å²) in [6.45, 7) is 1.17. The van der Waals surface area contributed by atoms with E-state index in [0.717, 1.165) is 11.3 Å². The highest BCUT2D eigenvalue weighted by molar-refractivity contribution is 6.33. The molecule has 0 saturated heterocycles. The number of likely N-dealkylation sites (N-methyl/N-ethyl adjacent to an activating group) is 1. The molecule has 6 nitrogen and oxygen atoms in total. The van der Waals surface area contributed by atoms with Crippen LogP contribution >= 0.6 is 11.6 Å². The third kappa shape index (κ3) is 3.84. The van der Waals surface area contributed by atoms with Crippen LogP contribution in [0.2, 0.25) is 5.02 Å². The zero-order valence-electron chi connectivity index (χ0n) is 13.6. The first-order chi connectivity index (χ1) is 11.6. The lowest BCUT2D eigenvalue weighted by molar-refractivity contribution is 0.246. The van der Waals surface area contributed by atoms with Crippen LogP contribution in [0.1, 0.15) is 17.7 Å². The number of nitrogens with one attached hydrogen (secondary N) is 1. The van der Waals surface area contributed by atoms with Gasteiger partial charge in [-0.3, -0.25) is 4.90 Å². The Morgan fingerprint density at radius 1 is 1.21 bits per heavy atom. The van der Waals surface area contributed by atoms with Gasteiger partial charge in [-0.15, -0.1) is 0 Å². The second kappa shape index (κ2) is 7.61. The van der Waals surface area contributed by atoms with Crippen molar-refractivity contribution in [2.75, 3.05) is 20.6 Å². The smallest absolute Gasteiger partial charge is 0.240 e. The Morgan fingerprint density at radius 2 is 2.04 bits per heavy atom. The fraction of sp³-hybridized carbons (Fsp3) is 0.294. The first-order valence-electron chi connectivity index (χ1n) is 7.63.